The molecule has 18 heavy (non-hydrogen) atoms. The predicted molar refractivity (Wildman–Crippen MR) is 78.8 cm³/mol. The average Bonchev–Trinajstić information content (AvgIpc) is 2.55. The molecule has 1 nitrogen and oxygen atoms in total. The van der Waals surface area contributed by atoms with E-state index in [1.165, 1.54) is 27.6 Å². The van der Waals surface area contributed by atoms with E-state index in [1.807, 2.05) is 0 Å². The van der Waals surface area contributed by atoms with Gasteiger partial charge in [0.05, 0.1) is 0 Å². The van der Waals surface area contributed by atoms with Gasteiger partial charge in [0.25, 0.3) is 0 Å². The van der Waals surface area contributed by atoms with E-state index in [4.69, 9.17) is 5.73 Å². The zero-order chi connectivity index (χ0) is 12.5. The van der Waals surface area contributed by atoms with Crippen LogP contribution in [-0.4, -0.2) is 18.4 Å². The number of rotatable bonds is 1. The fourth-order valence-electron chi connectivity index (χ4n) is 2.62. The first kappa shape index (κ1) is 11.4. The molecule has 1 atom stereocenters. The fourth-order valence-corrected chi connectivity index (χ4v) is 2.62. The molecule has 0 amide bonds. The Bertz CT molecular complexity index is 614. The molecule has 3 rings (SSSR count). The summed E-state index contributed by atoms with van der Waals surface area (Å²) in [6, 6.07) is 17.2. The first-order valence-electron chi connectivity index (χ1n) is 6.39. The van der Waals surface area contributed by atoms with Crippen LogP contribution in [0.4, 0.5) is 0 Å². The number of benzene rings is 2. The third kappa shape index (κ3) is 1.93. The van der Waals surface area contributed by atoms with Gasteiger partial charge in [-0.05, 0) is 0 Å². The van der Waals surface area contributed by atoms with E-state index in [0.29, 0.717) is 0 Å². The van der Waals surface area contributed by atoms with Crippen LogP contribution in [0.1, 0.15) is 23.6 Å². The Balaban J connectivity index is 2.26. The van der Waals surface area contributed by atoms with Crippen LogP contribution in [0.15, 0.2) is 48.5 Å². The van der Waals surface area contributed by atoms with E-state index in [-0.39, 0.29) is 6.04 Å². The van der Waals surface area contributed by atoms with Crippen molar-refractivity contribution < 1.29 is 0 Å². The first-order valence-corrected chi connectivity index (χ1v) is 6.39. The third-order valence-electron chi connectivity index (χ3n) is 3.57. The Kier molecular flexibility index (Phi) is 2.88. The predicted octanol–water partition coefficient (Wildman–Crippen LogP) is 1.49. The Labute approximate surface area is 109 Å². The summed E-state index contributed by atoms with van der Waals surface area (Å²) in [5, 5.41) is 0. The average molecular weight is 233 g/mol. The van der Waals surface area contributed by atoms with E-state index in [0.717, 1.165) is 6.42 Å². The molecule has 1 aliphatic heterocycles. The molecule has 1 heterocycles. The zero-order valence-corrected chi connectivity index (χ0v) is 10.6. The minimum atomic E-state index is 0.0531. The van der Waals surface area contributed by atoms with Crippen LogP contribution in [0.5, 0.6) is 0 Å². The molecule has 0 saturated heterocycles. The Morgan fingerprint density at radius 3 is 2.44 bits per heavy atom. The summed E-state index contributed by atoms with van der Waals surface area (Å²) in [5.74, 6) is 0. The molecule has 1 aliphatic rings. The van der Waals surface area contributed by atoms with Crippen molar-refractivity contribution in [2.24, 2.45) is 5.73 Å². The molecule has 88 valence electrons. The van der Waals surface area contributed by atoms with Crippen LogP contribution in [-0.2, 0) is 6.42 Å². The molecular weight excluding hydrogens is 217 g/mol. The van der Waals surface area contributed by atoms with Gasteiger partial charge in [-0.1, -0.05) is 0 Å². The molecule has 2 aromatic rings. The van der Waals surface area contributed by atoms with E-state index >= 15 is 0 Å². The molecule has 2 N–H and O–H groups in total. The van der Waals surface area contributed by atoms with Crippen LogP contribution in [0.25, 0.3) is 0 Å². The third-order valence-corrected chi connectivity index (χ3v) is 3.57. The van der Waals surface area contributed by atoms with Crippen LogP contribution in [0, 0.1) is 0 Å². The Hall–Kier alpha value is -1.67. The maximum atomic E-state index is 6.14. The van der Waals surface area contributed by atoms with Gasteiger partial charge in [0, 0.05) is 0 Å². The SMILES string of the molecule is CC(N)C1=Bc2ccccc2Cc2ccccc21. The molecular formula is C16H16BN. The molecule has 2 aromatic carbocycles. The van der Waals surface area contributed by atoms with Gasteiger partial charge in [-0.15, -0.1) is 0 Å². The van der Waals surface area contributed by atoms with Gasteiger partial charge < -0.3 is 0 Å². The van der Waals surface area contributed by atoms with Crippen molar-refractivity contribution in [3.8, 4) is 0 Å². The van der Waals surface area contributed by atoms with Gasteiger partial charge in [-0.2, -0.15) is 0 Å². The van der Waals surface area contributed by atoms with E-state index in [9.17, 15) is 0 Å². The second-order valence-electron chi connectivity index (χ2n) is 4.92. The first-order chi connectivity index (χ1) is 8.75. The molecule has 0 aliphatic carbocycles. The van der Waals surface area contributed by atoms with Crippen molar-refractivity contribution >= 4 is 17.8 Å². The number of hydrogen-bond acceptors (Lipinski definition) is 1. The van der Waals surface area contributed by atoms with Gasteiger partial charge in [-0.3, -0.25) is 0 Å². The van der Waals surface area contributed by atoms with Crippen LogP contribution in [0.3, 0.4) is 0 Å². The second kappa shape index (κ2) is 4.54. The van der Waals surface area contributed by atoms with Gasteiger partial charge in [0.15, 0.2) is 0 Å². The summed E-state index contributed by atoms with van der Waals surface area (Å²) in [7, 11) is 0. The molecule has 0 spiro atoms. The van der Waals surface area contributed by atoms with Crippen molar-refractivity contribution in [2.75, 3.05) is 0 Å². The topological polar surface area (TPSA) is 26.0 Å². The molecule has 0 aromatic heterocycles. The van der Waals surface area contributed by atoms with Gasteiger partial charge >= 0.3 is 108 Å². The minimum absolute atomic E-state index is 0.0531. The number of fused-ring (bicyclic) bond motifs is 2. The quantitative estimate of drug-likeness (QED) is 0.742. The molecule has 0 saturated carbocycles. The summed E-state index contributed by atoms with van der Waals surface area (Å²) in [6.07, 6.45) is 0.985. The van der Waals surface area contributed by atoms with Crippen molar-refractivity contribution in [3.05, 3.63) is 65.2 Å². The van der Waals surface area contributed by atoms with Crippen molar-refractivity contribution in [1.82, 2.24) is 0 Å². The Morgan fingerprint density at radius 2 is 1.67 bits per heavy atom. The van der Waals surface area contributed by atoms with Gasteiger partial charge in [-0.25, -0.2) is 0 Å². The van der Waals surface area contributed by atoms with Gasteiger partial charge in [0.2, 0.25) is 0 Å². The maximum absolute atomic E-state index is 6.14. The second-order valence-corrected chi connectivity index (χ2v) is 4.92. The van der Waals surface area contributed by atoms with Gasteiger partial charge in [0.1, 0.15) is 0 Å². The number of nitrogens with two attached hydrogens (primary N) is 1. The molecule has 0 fully saturated rings. The van der Waals surface area contributed by atoms with Crippen molar-refractivity contribution in [1.29, 1.82) is 0 Å². The zero-order valence-electron chi connectivity index (χ0n) is 10.6. The summed E-state index contributed by atoms with van der Waals surface area (Å²) in [4.78, 5) is 0. The molecule has 0 bridgehead atoms. The van der Waals surface area contributed by atoms with Crippen molar-refractivity contribution in [3.63, 3.8) is 0 Å². The van der Waals surface area contributed by atoms with Crippen LogP contribution < -0.4 is 11.2 Å². The summed E-state index contributed by atoms with van der Waals surface area (Å²) in [5.41, 5.74) is 12.7. The summed E-state index contributed by atoms with van der Waals surface area (Å²) in [6.45, 7) is 4.29. The fraction of sp³-hybridized carbons (Fsp3) is 0.188. The Morgan fingerprint density at radius 1 is 1.00 bits per heavy atom. The molecule has 1 unspecified atom stereocenters. The monoisotopic (exact) mass is 233 g/mol. The molecule has 0 radical (unpaired) electrons. The summed E-state index contributed by atoms with van der Waals surface area (Å²) >= 11 is 0. The van der Waals surface area contributed by atoms with Crippen LogP contribution in [0.2, 0.25) is 0 Å². The standard InChI is InChI=1S/C16H16BN/c1-11(18)16-14-8-4-2-6-12(14)10-13-7-3-5-9-15(13)17-16/h2-9,11H,10,18H2,1H3. The van der Waals surface area contributed by atoms with Crippen molar-refractivity contribution in [2.45, 2.75) is 19.4 Å². The van der Waals surface area contributed by atoms with Crippen LogP contribution >= 0.6 is 0 Å². The number of hydrogen-bond donors (Lipinski definition) is 1. The van der Waals surface area contributed by atoms with E-state index < -0.39 is 0 Å². The van der Waals surface area contributed by atoms with E-state index in [1.54, 1.807) is 0 Å². The normalized spacial score (nSPS) is 14.7. The van der Waals surface area contributed by atoms with E-state index in [2.05, 4.69) is 62.4 Å². The molecule has 2 heteroatoms. The summed E-state index contributed by atoms with van der Waals surface area (Å²) < 4.78 is 0.